The SMILES string of the molecule is CC(C)(C)O[C@H]1C[C@H](n2cnc3c(N)ncnc32)[C@H]2C[C@@]12COCc1ccccc1. The van der Waals surface area contributed by atoms with Gasteiger partial charge in [-0.05, 0) is 45.1 Å². The van der Waals surface area contributed by atoms with Crippen LogP contribution in [0, 0.1) is 11.3 Å². The molecule has 30 heavy (non-hydrogen) atoms. The van der Waals surface area contributed by atoms with E-state index in [1.807, 2.05) is 24.5 Å². The Morgan fingerprint density at radius 1 is 1.17 bits per heavy atom. The number of fused-ring (bicyclic) bond motifs is 2. The van der Waals surface area contributed by atoms with Crippen molar-refractivity contribution in [3.63, 3.8) is 0 Å². The number of nitrogens with two attached hydrogens (primary N) is 1. The normalized spacial score (nSPS) is 28.0. The summed E-state index contributed by atoms with van der Waals surface area (Å²) < 4.78 is 14.9. The minimum atomic E-state index is -0.206. The topological polar surface area (TPSA) is 88.1 Å². The number of nitrogens with zero attached hydrogens (tertiary/aromatic N) is 4. The molecule has 0 bridgehead atoms. The maximum atomic E-state index is 6.55. The van der Waals surface area contributed by atoms with E-state index in [1.54, 1.807) is 0 Å². The molecule has 5 rings (SSSR count). The van der Waals surface area contributed by atoms with Gasteiger partial charge in [0.1, 0.15) is 11.8 Å². The van der Waals surface area contributed by atoms with Crippen molar-refractivity contribution in [2.75, 3.05) is 12.3 Å². The molecule has 2 aliphatic rings. The van der Waals surface area contributed by atoms with Crippen LogP contribution < -0.4 is 5.73 Å². The maximum absolute atomic E-state index is 6.55. The first-order valence-electron chi connectivity index (χ1n) is 10.6. The number of rotatable bonds is 6. The van der Waals surface area contributed by atoms with Crippen molar-refractivity contribution in [1.82, 2.24) is 19.5 Å². The third kappa shape index (κ3) is 3.36. The van der Waals surface area contributed by atoms with Crippen LogP contribution in [0.1, 0.15) is 45.2 Å². The highest BCUT2D eigenvalue weighted by Crippen LogP contribution is 2.69. The summed E-state index contributed by atoms with van der Waals surface area (Å²) in [5.41, 5.74) is 8.50. The second-order valence-corrected chi connectivity index (χ2v) is 9.63. The Hall–Kier alpha value is -2.51. The van der Waals surface area contributed by atoms with E-state index in [-0.39, 0.29) is 23.2 Å². The van der Waals surface area contributed by atoms with Gasteiger partial charge < -0.3 is 19.8 Å². The molecule has 7 nitrogen and oxygen atoms in total. The van der Waals surface area contributed by atoms with E-state index in [0.717, 1.165) is 18.5 Å². The zero-order valence-corrected chi connectivity index (χ0v) is 17.8. The first-order valence-corrected chi connectivity index (χ1v) is 10.6. The van der Waals surface area contributed by atoms with Gasteiger partial charge in [-0.3, -0.25) is 0 Å². The van der Waals surface area contributed by atoms with Crippen molar-refractivity contribution >= 4 is 17.0 Å². The lowest BCUT2D eigenvalue weighted by Gasteiger charge is -2.31. The number of hydrogen-bond donors (Lipinski definition) is 1. The van der Waals surface area contributed by atoms with Crippen molar-refractivity contribution in [2.24, 2.45) is 11.3 Å². The second kappa shape index (κ2) is 7.03. The fourth-order valence-corrected chi connectivity index (χ4v) is 5.06. The lowest BCUT2D eigenvalue weighted by Crippen LogP contribution is -2.35. The number of benzene rings is 1. The zero-order chi connectivity index (χ0) is 20.9. The zero-order valence-electron chi connectivity index (χ0n) is 17.8. The number of anilines is 1. The summed E-state index contributed by atoms with van der Waals surface area (Å²) >= 11 is 0. The summed E-state index contributed by atoms with van der Waals surface area (Å²) in [4.78, 5) is 13.0. The van der Waals surface area contributed by atoms with Crippen LogP contribution in [0.4, 0.5) is 5.82 Å². The van der Waals surface area contributed by atoms with Crippen molar-refractivity contribution in [2.45, 2.75) is 58.0 Å². The molecule has 2 saturated carbocycles. The monoisotopic (exact) mass is 407 g/mol. The van der Waals surface area contributed by atoms with Crippen molar-refractivity contribution in [3.05, 3.63) is 48.5 Å². The molecule has 4 atom stereocenters. The summed E-state index contributed by atoms with van der Waals surface area (Å²) in [6.07, 6.45) is 5.52. The molecule has 2 aromatic heterocycles. The van der Waals surface area contributed by atoms with E-state index >= 15 is 0 Å². The largest absolute Gasteiger partial charge is 0.382 e. The molecule has 0 radical (unpaired) electrons. The molecule has 2 heterocycles. The average Bonchev–Trinajstić information content (AvgIpc) is 3.14. The number of aromatic nitrogens is 4. The van der Waals surface area contributed by atoms with Gasteiger partial charge in [-0.2, -0.15) is 0 Å². The highest BCUT2D eigenvalue weighted by Gasteiger charge is 2.69. The van der Waals surface area contributed by atoms with Gasteiger partial charge in [0.15, 0.2) is 11.5 Å². The van der Waals surface area contributed by atoms with Crippen molar-refractivity contribution in [1.29, 1.82) is 0 Å². The first kappa shape index (κ1) is 19.5. The van der Waals surface area contributed by atoms with E-state index in [2.05, 4.69) is 52.4 Å². The lowest BCUT2D eigenvalue weighted by molar-refractivity contribution is -0.104. The van der Waals surface area contributed by atoms with Gasteiger partial charge in [-0.15, -0.1) is 0 Å². The summed E-state index contributed by atoms with van der Waals surface area (Å²) in [5, 5.41) is 0. The molecule has 0 saturated heterocycles. The van der Waals surface area contributed by atoms with E-state index in [4.69, 9.17) is 15.2 Å². The third-order valence-electron chi connectivity index (χ3n) is 6.46. The molecular weight excluding hydrogens is 378 g/mol. The molecule has 2 N–H and O–H groups in total. The highest BCUT2D eigenvalue weighted by atomic mass is 16.5. The molecule has 0 amide bonds. The molecule has 0 aliphatic heterocycles. The fraction of sp³-hybridized carbons (Fsp3) is 0.522. The van der Waals surface area contributed by atoms with Gasteiger partial charge in [-0.1, -0.05) is 30.3 Å². The minimum Gasteiger partial charge on any atom is -0.382 e. The number of hydrogen-bond acceptors (Lipinski definition) is 6. The van der Waals surface area contributed by atoms with Crippen LogP contribution in [0.15, 0.2) is 43.0 Å². The summed E-state index contributed by atoms with van der Waals surface area (Å²) in [6, 6.07) is 10.6. The average molecular weight is 408 g/mol. The Morgan fingerprint density at radius 2 is 1.97 bits per heavy atom. The summed E-state index contributed by atoms with van der Waals surface area (Å²) in [5.74, 6) is 0.904. The molecule has 0 spiro atoms. The van der Waals surface area contributed by atoms with Crippen LogP contribution in [0.25, 0.3) is 11.2 Å². The molecule has 158 valence electrons. The Kier molecular flexibility index (Phi) is 4.56. The number of ether oxygens (including phenoxy) is 2. The van der Waals surface area contributed by atoms with Gasteiger partial charge in [-0.25, -0.2) is 15.0 Å². The van der Waals surface area contributed by atoms with Gasteiger partial charge in [0, 0.05) is 11.5 Å². The standard InChI is InChI=1S/C23H29N5O2/c1-22(2,3)30-18-9-17(28-14-27-19-20(24)25-13-26-21(19)28)16-10-23(16,18)12-29-11-15-7-5-4-6-8-15/h4-8,13-14,16-18H,9-12H2,1-3H3,(H2,24,25,26)/t16-,17+,18+,23+/m1/s1. The van der Waals surface area contributed by atoms with Crippen LogP contribution in [0.5, 0.6) is 0 Å². The minimum absolute atomic E-state index is 0.0435. The van der Waals surface area contributed by atoms with Crippen LogP contribution in [0.2, 0.25) is 0 Å². The van der Waals surface area contributed by atoms with Gasteiger partial charge in [0.05, 0.1) is 31.2 Å². The van der Waals surface area contributed by atoms with Crippen LogP contribution >= 0.6 is 0 Å². The van der Waals surface area contributed by atoms with Crippen LogP contribution in [-0.2, 0) is 16.1 Å². The lowest BCUT2D eigenvalue weighted by atomic mass is 10.0. The van der Waals surface area contributed by atoms with Gasteiger partial charge >= 0.3 is 0 Å². The van der Waals surface area contributed by atoms with Gasteiger partial charge in [0.25, 0.3) is 0 Å². The van der Waals surface area contributed by atoms with Gasteiger partial charge in [0.2, 0.25) is 0 Å². The van der Waals surface area contributed by atoms with E-state index < -0.39 is 0 Å². The fourth-order valence-electron chi connectivity index (χ4n) is 5.06. The van der Waals surface area contributed by atoms with Crippen molar-refractivity contribution in [3.8, 4) is 0 Å². The molecule has 3 aromatic rings. The first-order chi connectivity index (χ1) is 14.4. The molecule has 0 unspecified atom stereocenters. The second-order valence-electron chi connectivity index (χ2n) is 9.63. The van der Waals surface area contributed by atoms with Crippen LogP contribution in [0.3, 0.4) is 0 Å². The molecule has 2 fully saturated rings. The predicted octanol–water partition coefficient (Wildman–Crippen LogP) is 3.76. The molecular formula is C23H29N5O2. The van der Waals surface area contributed by atoms with Crippen molar-refractivity contribution < 1.29 is 9.47 Å². The summed E-state index contributed by atoms with van der Waals surface area (Å²) in [6.45, 7) is 7.69. The number of nitrogen functional groups attached to an aromatic ring is 1. The number of imidazole rings is 1. The Morgan fingerprint density at radius 3 is 2.73 bits per heavy atom. The maximum Gasteiger partial charge on any atom is 0.165 e. The Bertz CT molecular complexity index is 1040. The Balaban J connectivity index is 1.39. The van der Waals surface area contributed by atoms with E-state index in [1.165, 1.54) is 11.9 Å². The van der Waals surface area contributed by atoms with Crippen LogP contribution in [-0.4, -0.2) is 37.8 Å². The molecule has 2 aliphatic carbocycles. The highest BCUT2D eigenvalue weighted by molar-refractivity contribution is 5.81. The Labute approximate surface area is 176 Å². The van der Waals surface area contributed by atoms with E-state index in [9.17, 15) is 0 Å². The summed E-state index contributed by atoms with van der Waals surface area (Å²) in [7, 11) is 0. The smallest absolute Gasteiger partial charge is 0.165 e. The third-order valence-corrected chi connectivity index (χ3v) is 6.46. The molecule has 7 heteroatoms. The quantitative estimate of drug-likeness (QED) is 0.669. The molecule has 1 aromatic carbocycles. The van der Waals surface area contributed by atoms with E-state index in [0.29, 0.717) is 30.5 Å². The predicted molar refractivity (Wildman–Crippen MR) is 115 cm³/mol.